The van der Waals surface area contributed by atoms with Gasteiger partial charge in [-0.2, -0.15) is 5.26 Å². The summed E-state index contributed by atoms with van der Waals surface area (Å²) >= 11 is 3.37. The quantitative estimate of drug-likeness (QED) is 0.841. The average molecular weight is 318 g/mol. The lowest BCUT2D eigenvalue weighted by molar-refractivity contribution is 0.378. The van der Waals surface area contributed by atoms with E-state index in [-0.39, 0.29) is 0 Å². The maximum Gasteiger partial charge on any atom is 0.169 e. The molecule has 0 unspecified atom stereocenters. The lowest BCUT2D eigenvalue weighted by atomic mass is 10.2. The molecule has 3 nitrogen and oxygen atoms in total. The van der Waals surface area contributed by atoms with Crippen LogP contribution in [0.1, 0.15) is 11.1 Å². The number of ether oxygens (including phenoxy) is 2. The number of hydrogen-bond acceptors (Lipinski definition) is 3. The van der Waals surface area contributed by atoms with E-state index in [2.05, 4.69) is 22.0 Å². The van der Waals surface area contributed by atoms with Crippen LogP contribution >= 0.6 is 15.9 Å². The minimum atomic E-state index is 0.478. The zero-order valence-electron chi connectivity index (χ0n) is 10.6. The smallest absolute Gasteiger partial charge is 0.169 e. The SMILES string of the molecule is COc1cc(C)ccc1Oc1cc(Br)ccc1C#N. The minimum absolute atomic E-state index is 0.478. The number of rotatable bonds is 3. The Hall–Kier alpha value is -1.99. The summed E-state index contributed by atoms with van der Waals surface area (Å²) in [6.07, 6.45) is 0. The van der Waals surface area contributed by atoms with Crippen LogP contribution in [0.25, 0.3) is 0 Å². The minimum Gasteiger partial charge on any atom is -0.493 e. The third-order valence-corrected chi connectivity index (χ3v) is 3.10. The molecule has 2 aromatic carbocycles. The summed E-state index contributed by atoms with van der Waals surface area (Å²) in [6, 6.07) is 13.0. The van der Waals surface area contributed by atoms with Crippen molar-refractivity contribution in [3.8, 4) is 23.3 Å². The van der Waals surface area contributed by atoms with Gasteiger partial charge in [-0.3, -0.25) is 0 Å². The highest BCUT2D eigenvalue weighted by atomic mass is 79.9. The van der Waals surface area contributed by atoms with E-state index in [4.69, 9.17) is 14.7 Å². The summed E-state index contributed by atoms with van der Waals surface area (Å²) in [6.45, 7) is 1.98. The van der Waals surface area contributed by atoms with Gasteiger partial charge in [-0.1, -0.05) is 22.0 Å². The lowest BCUT2D eigenvalue weighted by Crippen LogP contribution is -1.93. The second-order valence-corrected chi connectivity index (χ2v) is 4.92. The van der Waals surface area contributed by atoms with Crippen molar-refractivity contribution in [2.45, 2.75) is 6.92 Å². The zero-order chi connectivity index (χ0) is 13.8. The first-order valence-corrected chi connectivity index (χ1v) is 6.45. The fourth-order valence-electron chi connectivity index (χ4n) is 1.65. The average Bonchev–Trinajstić information content (AvgIpc) is 2.41. The van der Waals surface area contributed by atoms with Gasteiger partial charge in [-0.25, -0.2) is 0 Å². The summed E-state index contributed by atoms with van der Waals surface area (Å²) in [5, 5.41) is 9.08. The number of nitriles is 1. The highest BCUT2D eigenvalue weighted by Crippen LogP contribution is 2.34. The van der Waals surface area contributed by atoms with Crippen LogP contribution in [0.4, 0.5) is 0 Å². The maximum absolute atomic E-state index is 9.08. The molecule has 0 saturated heterocycles. The topological polar surface area (TPSA) is 42.2 Å². The molecule has 2 rings (SSSR count). The molecule has 0 bridgehead atoms. The molecule has 0 aliphatic heterocycles. The van der Waals surface area contributed by atoms with Gasteiger partial charge >= 0.3 is 0 Å². The summed E-state index contributed by atoms with van der Waals surface area (Å²) in [5.41, 5.74) is 1.56. The van der Waals surface area contributed by atoms with Crippen LogP contribution in [-0.4, -0.2) is 7.11 Å². The Morgan fingerprint density at radius 1 is 1.05 bits per heavy atom. The Morgan fingerprint density at radius 2 is 1.84 bits per heavy atom. The molecule has 2 aromatic rings. The standard InChI is InChI=1S/C15H12BrNO2/c1-10-3-6-13(15(7-10)18-2)19-14-8-12(16)5-4-11(14)9-17/h3-8H,1-2H3. The molecule has 0 fully saturated rings. The van der Waals surface area contributed by atoms with Crippen LogP contribution in [-0.2, 0) is 0 Å². The molecular formula is C15H12BrNO2. The van der Waals surface area contributed by atoms with Gasteiger partial charge in [0.25, 0.3) is 0 Å². The van der Waals surface area contributed by atoms with Gasteiger partial charge in [0.15, 0.2) is 11.5 Å². The second kappa shape index (κ2) is 5.77. The first kappa shape index (κ1) is 13.4. The molecule has 0 saturated carbocycles. The molecule has 0 amide bonds. The largest absolute Gasteiger partial charge is 0.493 e. The van der Waals surface area contributed by atoms with Crippen molar-refractivity contribution >= 4 is 15.9 Å². The van der Waals surface area contributed by atoms with Crippen LogP contribution in [0.3, 0.4) is 0 Å². The Morgan fingerprint density at radius 3 is 2.53 bits per heavy atom. The van der Waals surface area contributed by atoms with Gasteiger partial charge in [0.2, 0.25) is 0 Å². The molecule has 96 valence electrons. The van der Waals surface area contributed by atoms with Crippen LogP contribution in [0, 0.1) is 18.3 Å². The molecular weight excluding hydrogens is 306 g/mol. The Bertz CT molecular complexity index is 647. The fraction of sp³-hybridized carbons (Fsp3) is 0.133. The zero-order valence-corrected chi connectivity index (χ0v) is 12.2. The van der Waals surface area contributed by atoms with Crippen molar-refractivity contribution in [1.29, 1.82) is 5.26 Å². The molecule has 0 aliphatic carbocycles. The van der Waals surface area contributed by atoms with E-state index in [1.165, 1.54) is 0 Å². The maximum atomic E-state index is 9.08. The van der Waals surface area contributed by atoms with Crippen molar-refractivity contribution < 1.29 is 9.47 Å². The van der Waals surface area contributed by atoms with E-state index < -0.39 is 0 Å². The van der Waals surface area contributed by atoms with Crippen molar-refractivity contribution in [2.24, 2.45) is 0 Å². The molecule has 0 aromatic heterocycles. The van der Waals surface area contributed by atoms with E-state index in [1.54, 1.807) is 25.3 Å². The summed E-state index contributed by atoms with van der Waals surface area (Å²) in [5.74, 6) is 1.73. The second-order valence-electron chi connectivity index (χ2n) is 4.01. The highest BCUT2D eigenvalue weighted by molar-refractivity contribution is 9.10. The van der Waals surface area contributed by atoms with Gasteiger partial charge < -0.3 is 9.47 Å². The third-order valence-electron chi connectivity index (χ3n) is 2.60. The van der Waals surface area contributed by atoms with E-state index in [1.807, 2.05) is 25.1 Å². The molecule has 0 aliphatic rings. The van der Waals surface area contributed by atoms with Crippen molar-refractivity contribution in [3.63, 3.8) is 0 Å². The van der Waals surface area contributed by atoms with Crippen molar-refractivity contribution in [2.75, 3.05) is 7.11 Å². The van der Waals surface area contributed by atoms with Crippen LogP contribution in [0.5, 0.6) is 17.2 Å². The van der Waals surface area contributed by atoms with Crippen molar-refractivity contribution in [3.05, 3.63) is 52.0 Å². The highest BCUT2D eigenvalue weighted by Gasteiger charge is 2.09. The number of nitrogens with zero attached hydrogens (tertiary/aromatic N) is 1. The van der Waals surface area contributed by atoms with Crippen LogP contribution in [0.2, 0.25) is 0 Å². The van der Waals surface area contributed by atoms with Crippen LogP contribution in [0.15, 0.2) is 40.9 Å². The fourth-order valence-corrected chi connectivity index (χ4v) is 1.99. The van der Waals surface area contributed by atoms with E-state index in [9.17, 15) is 0 Å². The van der Waals surface area contributed by atoms with E-state index >= 15 is 0 Å². The summed E-state index contributed by atoms with van der Waals surface area (Å²) in [4.78, 5) is 0. The Balaban J connectivity index is 2.41. The van der Waals surface area contributed by atoms with E-state index in [0.29, 0.717) is 22.8 Å². The Labute approximate surface area is 120 Å². The molecule has 19 heavy (non-hydrogen) atoms. The molecule has 0 heterocycles. The lowest BCUT2D eigenvalue weighted by Gasteiger charge is -2.12. The molecule has 0 atom stereocenters. The predicted octanol–water partition coefficient (Wildman–Crippen LogP) is 4.43. The molecule has 4 heteroatoms. The number of benzene rings is 2. The van der Waals surface area contributed by atoms with Gasteiger partial charge in [-0.15, -0.1) is 0 Å². The monoisotopic (exact) mass is 317 g/mol. The Kier molecular flexibility index (Phi) is 4.08. The van der Waals surface area contributed by atoms with Gasteiger partial charge in [0, 0.05) is 4.47 Å². The first-order chi connectivity index (χ1) is 9.13. The molecule has 0 spiro atoms. The summed E-state index contributed by atoms with van der Waals surface area (Å²) in [7, 11) is 1.59. The number of halogens is 1. The molecule has 0 N–H and O–H groups in total. The van der Waals surface area contributed by atoms with Crippen LogP contribution < -0.4 is 9.47 Å². The number of aryl methyl sites for hydroxylation is 1. The third kappa shape index (κ3) is 3.07. The first-order valence-electron chi connectivity index (χ1n) is 5.66. The van der Waals surface area contributed by atoms with Gasteiger partial charge in [0.1, 0.15) is 11.8 Å². The molecule has 0 radical (unpaired) electrons. The summed E-state index contributed by atoms with van der Waals surface area (Å²) < 4.78 is 11.9. The normalized spacial score (nSPS) is 9.79. The van der Waals surface area contributed by atoms with Gasteiger partial charge in [0.05, 0.1) is 12.7 Å². The van der Waals surface area contributed by atoms with Gasteiger partial charge in [-0.05, 0) is 42.8 Å². The van der Waals surface area contributed by atoms with E-state index in [0.717, 1.165) is 10.0 Å². The number of methoxy groups -OCH3 is 1. The van der Waals surface area contributed by atoms with Crippen molar-refractivity contribution in [1.82, 2.24) is 0 Å². The predicted molar refractivity (Wildman–Crippen MR) is 76.7 cm³/mol. The number of hydrogen-bond donors (Lipinski definition) is 0.